The molecule has 2 atom stereocenters. The summed E-state index contributed by atoms with van der Waals surface area (Å²) in [6, 6.07) is 17.3. The maximum absolute atomic E-state index is 13.8. The van der Waals surface area contributed by atoms with E-state index in [9.17, 15) is 4.79 Å². The van der Waals surface area contributed by atoms with E-state index in [1.54, 1.807) is 14.2 Å². The second-order valence-corrected chi connectivity index (χ2v) is 43.0. The van der Waals surface area contributed by atoms with Crippen molar-refractivity contribution in [3.05, 3.63) is 59.7 Å². The van der Waals surface area contributed by atoms with Crippen molar-refractivity contribution in [3.8, 4) is 11.5 Å². The number of methoxy groups -OCH3 is 2. The van der Waals surface area contributed by atoms with Crippen molar-refractivity contribution in [1.82, 2.24) is 0 Å². The number of carbonyl (C=O) groups is 1. The van der Waals surface area contributed by atoms with Crippen LogP contribution in [-0.2, 0) is 9.47 Å². The quantitative estimate of drug-likeness (QED) is 0.0629. The fraction of sp³-hybridized carbons (Fsp3) is 0.698. The molecular formula is C43H74O5Sn2. The first-order valence-corrected chi connectivity index (χ1v) is 35.8. The molecule has 5 nitrogen and oxygen atoms in total. The van der Waals surface area contributed by atoms with Crippen molar-refractivity contribution in [3.63, 3.8) is 0 Å². The van der Waals surface area contributed by atoms with E-state index < -0.39 is 42.9 Å². The van der Waals surface area contributed by atoms with Crippen LogP contribution in [0, 0.1) is 0 Å². The second-order valence-electron chi connectivity index (χ2n) is 14.9. The number of hydrogen-bond donors (Lipinski definition) is 0. The van der Waals surface area contributed by atoms with Crippen LogP contribution in [0.25, 0.3) is 0 Å². The summed E-state index contributed by atoms with van der Waals surface area (Å²) in [4.78, 5) is 13.8. The molecular weight excluding hydrogens is 834 g/mol. The number of benzene rings is 2. The van der Waals surface area contributed by atoms with E-state index in [-0.39, 0.29) is 0 Å². The van der Waals surface area contributed by atoms with Gasteiger partial charge in [-0.1, -0.05) is 0 Å². The van der Waals surface area contributed by atoms with Gasteiger partial charge in [-0.25, -0.2) is 0 Å². The van der Waals surface area contributed by atoms with Crippen molar-refractivity contribution in [2.45, 2.75) is 153 Å². The van der Waals surface area contributed by atoms with E-state index in [2.05, 4.69) is 90.1 Å². The normalized spacial score (nSPS) is 13.1. The summed E-state index contributed by atoms with van der Waals surface area (Å²) in [6.45, 7) is 14.8. The molecule has 0 aliphatic rings. The van der Waals surface area contributed by atoms with Crippen LogP contribution in [0.15, 0.2) is 48.5 Å². The van der Waals surface area contributed by atoms with Crippen LogP contribution in [-0.4, -0.2) is 70.3 Å². The van der Waals surface area contributed by atoms with Gasteiger partial charge >= 0.3 is 318 Å². The molecule has 0 spiro atoms. The zero-order chi connectivity index (χ0) is 36.7. The number of ether oxygens (including phenoxy) is 4. The van der Waals surface area contributed by atoms with E-state index >= 15 is 0 Å². The molecule has 2 aromatic carbocycles. The third kappa shape index (κ3) is 14.4. The number of rotatable bonds is 28. The Morgan fingerprint density at radius 3 is 0.960 bits per heavy atom. The number of unbranched alkanes of at least 4 members (excludes halogenated alkanes) is 6. The van der Waals surface area contributed by atoms with Crippen LogP contribution < -0.4 is 9.47 Å². The van der Waals surface area contributed by atoms with Crippen LogP contribution in [0.4, 0.5) is 4.79 Å². The Morgan fingerprint density at radius 2 is 0.740 bits per heavy atom. The van der Waals surface area contributed by atoms with Gasteiger partial charge in [0.05, 0.1) is 0 Å². The first kappa shape index (κ1) is 45.1. The van der Waals surface area contributed by atoms with Crippen molar-refractivity contribution >= 4 is 42.9 Å². The topological polar surface area (TPSA) is 54.0 Å². The fourth-order valence-corrected chi connectivity index (χ4v) is 44.2. The Kier molecular flexibility index (Phi) is 23.3. The zero-order valence-electron chi connectivity index (χ0n) is 33.5. The van der Waals surface area contributed by atoms with Crippen molar-refractivity contribution in [2.24, 2.45) is 0 Å². The average molecular weight is 908 g/mol. The molecule has 284 valence electrons. The van der Waals surface area contributed by atoms with Gasteiger partial charge in [0, 0.05) is 0 Å². The van der Waals surface area contributed by atoms with Crippen molar-refractivity contribution in [1.29, 1.82) is 0 Å². The van der Waals surface area contributed by atoms with E-state index in [0.717, 1.165) is 11.5 Å². The van der Waals surface area contributed by atoms with Crippen LogP contribution in [0.2, 0.25) is 26.6 Å². The minimum atomic E-state index is -2.87. The van der Waals surface area contributed by atoms with Crippen molar-refractivity contribution < 1.29 is 23.7 Å². The summed E-state index contributed by atoms with van der Waals surface area (Å²) in [5, 5.41) is 0. The molecule has 2 unspecified atom stereocenters. The molecule has 0 saturated carbocycles. The summed E-state index contributed by atoms with van der Waals surface area (Å²) >= 11 is -5.75. The minimum absolute atomic E-state index is 0.307. The maximum atomic E-state index is 13.8. The van der Waals surface area contributed by atoms with Crippen LogP contribution in [0.5, 0.6) is 11.5 Å². The molecule has 0 radical (unpaired) electrons. The third-order valence-electron chi connectivity index (χ3n) is 11.4. The molecule has 0 heterocycles. The van der Waals surface area contributed by atoms with Gasteiger partial charge < -0.3 is 0 Å². The summed E-state index contributed by atoms with van der Waals surface area (Å²) in [5.41, 5.74) is 2.64. The monoisotopic (exact) mass is 910 g/mol. The Hall–Kier alpha value is -1.09. The van der Waals surface area contributed by atoms with E-state index in [1.807, 2.05) is 0 Å². The second kappa shape index (κ2) is 25.8. The average Bonchev–Trinajstić information content (AvgIpc) is 3.15. The summed E-state index contributed by atoms with van der Waals surface area (Å²) < 4.78 is 32.4. The molecule has 50 heavy (non-hydrogen) atoms. The van der Waals surface area contributed by atoms with Crippen LogP contribution >= 0.6 is 0 Å². The predicted molar refractivity (Wildman–Crippen MR) is 219 cm³/mol. The number of carbonyl (C=O) groups excluding carboxylic acids is 1. The molecule has 0 N–H and O–H groups in total. The van der Waals surface area contributed by atoms with Gasteiger partial charge in [0.25, 0.3) is 0 Å². The fourth-order valence-electron chi connectivity index (χ4n) is 8.24. The molecule has 0 saturated heterocycles. The molecule has 0 aromatic heterocycles. The van der Waals surface area contributed by atoms with Gasteiger partial charge in [-0.2, -0.15) is 0 Å². The zero-order valence-corrected chi connectivity index (χ0v) is 39.2. The Morgan fingerprint density at radius 1 is 0.480 bits per heavy atom. The molecule has 2 aromatic rings. The molecule has 0 aliphatic carbocycles. The molecule has 7 heteroatoms. The van der Waals surface area contributed by atoms with Gasteiger partial charge in [-0.05, 0) is 0 Å². The van der Waals surface area contributed by atoms with Gasteiger partial charge in [0.15, 0.2) is 0 Å². The molecule has 0 fully saturated rings. The molecule has 0 bridgehead atoms. The first-order chi connectivity index (χ1) is 24.3. The van der Waals surface area contributed by atoms with E-state index in [4.69, 9.17) is 18.9 Å². The van der Waals surface area contributed by atoms with E-state index in [0.29, 0.717) is 21.1 Å². The van der Waals surface area contributed by atoms with Crippen LogP contribution in [0.1, 0.15) is 138 Å². The standard InChI is InChI=1S/C19H20O5.6C4H9.2Sn/c1-21-17-7-3-15(4-8-17)11-13-23-19(20)24-14-12-16-5-9-18(22-2)10-6-16;6*1-3-4-2;;/h3-12H,13-14H2,1-2H3;6*1,3-4H2,2H3;;. The third-order valence-corrected chi connectivity index (χ3v) is 45.8. The summed E-state index contributed by atoms with van der Waals surface area (Å²) in [6.07, 6.45) is 14.4. The van der Waals surface area contributed by atoms with E-state index in [1.165, 1.54) is 115 Å². The molecule has 0 aliphatic heterocycles. The Labute approximate surface area is 316 Å². The van der Waals surface area contributed by atoms with Gasteiger partial charge in [0.1, 0.15) is 0 Å². The van der Waals surface area contributed by atoms with Gasteiger partial charge in [-0.15, -0.1) is 0 Å². The summed E-state index contributed by atoms with van der Waals surface area (Å²) in [7, 11) is 3.45. The van der Waals surface area contributed by atoms with Crippen molar-refractivity contribution in [2.75, 3.05) is 27.4 Å². The first-order valence-electron chi connectivity index (χ1n) is 20.4. The van der Waals surface area contributed by atoms with Crippen LogP contribution in [0.3, 0.4) is 0 Å². The molecule has 2 rings (SSSR count). The SMILES string of the molecule is CCC[CH2][Sn]([CH2]CCC)([CH2]CCC)[CH](COC(=O)OC[CH](c1ccc(OC)cc1)[Sn]([CH2]CCC)([CH2]CCC)[CH2]CCC)c1ccc(OC)cc1. The van der Waals surface area contributed by atoms with Gasteiger partial charge in [0.2, 0.25) is 0 Å². The predicted octanol–water partition coefficient (Wildman–Crippen LogP) is 13.5. The summed E-state index contributed by atoms with van der Waals surface area (Å²) in [5.74, 6) is 1.75. The molecule has 0 amide bonds. The Bertz CT molecular complexity index is 1020. The number of hydrogen-bond acceptors (Lipinski definition) is 5. The van der Waals surface area contributed by atoms with Gasteiger partial charge in [-0.3, -0.25) is 0 Å². The Balaban J connectivity index is 2.47.